The highest BCUT2D eigenvalue weighted by atomic mass is 32.1. The summed E-state index contributed by atoms with van der Waals surface area (Å²) in [7, 11) is 0. The van der Waals surface area contributed by atoms with Crippen molar-refractivity contribution in [2.24, 2.45) is 5.73 Å². The van der Waals surface area contributed by atoms with Gasteiger partial charge in [-0.25, -0.2) is 0 Å². The van der Waals surface area contributed by atoms with Crippen LogP contribution in [0.2, 0.25) is 0 Å². The standard InChI is InChI=1S/C17H22N2OS/c1-17(2,18)13-9-10-14(15-8-5-11-21-15)19(16(13)20)12-6-3-4-7-12/h5,8-12H,3-4,6-7,18H2,1-2H3. The zero-order chi connectivity index (χ0) is 15.0. The van der Waals surface area contributed by atoms with Crippen LogP contribution in [-0.2, 0) is 5.54 Å². The lowest BCUT2D eigenvalue weighted by Gasteiger charge is -2.24. The average Bonchev–Trinajstić information content (AvgIpc) is 3.10. The van der Waals surface area contributed by atoms with Crippen molar-refractivity contribution in [2.45, 2.75) is 51.1 Å². The number of pyridine rings is 1. The van der Waals surface area contributed by atoms with Gasteiger partial charge < -0.3 is 10.3 Å². The van der Waals surface area contributed by atoms with Gasteiger partial charge in [-0.1, -0.05) is 18.9 Å². The van der Waals surface area contributed by atoms with Gasteiger partial charge in [0, 0.05) is 17.1 Å². The number of hydrogen-bond acceptors (Lipinski definition) is 3. The summed E-state index contributed by atoms with van der Waals surface area (Å²) in [6, 6.07) is 8.40. The van der Waals surface area contributed by atoms with E-state index in [1.807, 2.05) is 30.5 Å². The van der Waals surface area contributed by atoms with E-state index < -0.39 is 5.54 Å². The largest absolute Gasteiger partial charge is 0.322 e. The maximum Gasteiger partial charge on any atom is 0.256 e. The molecule has 0 aromatic carbocycles. The second-order valence-electron chi connectivity index (χ2n) is 6.44. The van der Waals surface area contributed by atoms with E-state index in [1.165, 1.54) is 12.8 Å². The van der Waals surface area contributed by atoms with E-state index >= 15 is 0 Å². The number of nitrogens with two attached hydrogens (primary N) is 1. The molecule has 0 bridgehead atoms. The maximum absolute atomic E-state index is 13.0. The molecule has 1 fully saturated rings. The first kappa shape index (κ1) is 14.5. The lowest BCUT2D eigenvalue weighted by molar-refractivity contribution is 0.482. The first-order valence-corrected chi connectivity index (χ1v) is 8.45. The van der Waals surface area contributed by atoms with Crippen LogP contribution in [0.3, 0.4) is 0 Å². The molecule has 4 heteroatoms. The van der Waals surface area contributed by atoms with Gasteiger partial charge in [0.1, 0.15) is 0 Å². The second-order valence-corrected chi connectivity index (χ2v) is 7.39. The molecule has 0 saturated heterocycles. The van der Waals surface area contributed by atoms with Crippen molar-refractivity contribution in [3.8, 4) is 10.6 Å². The summed E-state index contributed by atoms with van der Waals surface area (Å²) in [6.07, 6.45) is 4.59. The van der Waals surface area contributed by atoms with E-state index in [0.29, 0.717) is 11.6 Å². The number of hydrogen-bond donors (Lipinski definition) is 1. The molecule has 2 N–H and O–H groups in total. The monoisotopic (exact) mass is 302 g/mol. The van der Waals surface area contributed by atoms with Crippen molar-refractivity contribution >= 4 is 11.3 Å². The highest BCUT2D eigenvalue weighted by Gasteiger charge is 2.26. The van der Waals surface area contributed by atoms with Crippen LogP contribution < -0.4 is 11.3 Å². The van der Waals surface area contributed by atoms with E-state index in [9.17, 15) is 4.79 Å². The van der Waals surface area contributed by atoms with Crippen LogP contribution in [-0.4, -0.2) is 4.57 Å². The number of aromatic nitrogens is 1. The second kappa shape index (κ2) is 5.43. The third-order valence-electron chi connectivity index (χ3n) is 4.27. The van der Waals surface area contributed by atoms with Gasteiger partial charge in [-0.15, -0.1) is 11.3 Å². The van der Waals surface area contributed by atoms with Gasteiger partial charge in [0.15, 0.2) is 0 Å². The zero-order valence-electron chi connectivity index (χ0n) is 12.6. The molecule has 0 amide bonds. The van der Waals surface area contributed by atoms with Crippen molar-refractivity contribution < 1.29 is 0 Å². The summed E-state index contributed by atoms with van der Waals surface area (Å²) in [5.74, 6) is 0. The van der Waals surface area contributed by atoms with Crippen molar-refractivity contribution in [3.05, 3.63) is 45.6 Å². The molecular formula is C17H22N2OS. The maximum atomic E-state index is 13.0. The van der Waals surface area contributed by atoms with Gasteiger partial charge in [0.05, 0.1) is 10.6 Å². The Kier molecular flexibility index (Phi) is 3.76. The number of nitrogens with zero attached hydrogens (tertiary/aromatic N) is 1. The molecule has 3 nitrogen and oxygen atoms in total. The van der Waals surface area contributed by atoms with Gasteiger partial charge in [-0.3, -0.25) is 4.79 Å². The van der Waals surface area contributed by atoms with E-state index in [2.05, 4.69) is 17.5 Å². The van der Waals surface area contributed by atoms with Crippen LogP contribution in [0.4, 0.5) is 0 Å². The summed E-state index contributed by atoms with van der Waals surface area (Å²) in [6.45, 7) is 3.79. The molecule has 0 atom stereocenters. The third kappa shape index (κ3) is 2.70. The van der Waals surface area contributed by atoms with Crippen LogP contribution in [0.1, 0.15) is 51.1 Å². The first-order valence-electron chi connectivity index (χ1n) is 7.57. The van der Waals surface area contributed by atoms with Gasteiger partial charge in [-0.2, -0.15) is 0 Å². The minimum Gasteiger partial charge on any atom is -0.322 e. The number of rotatable bonds is 3. The Balaban J connectivity index is 2.22. The molecule has 3 rings (SSSR count). The summed E-state index contributed by atoms with van der Waals surface area (Å²) >= 11 is 1.68. The molecule has 1 aliphatic rings. The zero-order valence-corrected chi connectivity index (χ0v) is 13.5. The Morgan fingerprint density at radius 3 is 2.52 bits per heavy atom. The summed E-state index contributed by atoms with van der Waals surface area (Å²) in [4.78, 5) is 14.2. The molecule has 0 aliphatic heterocycles. The predicted octanol–water partition coefficient (Wildman–Crippen LogP) is 3.89. The van der Waals surface area contributed by atoms with E-state index in [-0.39, 0.29) is 5.56 Å². The molecule has 2 heterocycles. The quantitative estimate of drug-likeness (QED) is 0.935. The van der Waals surface area contributed by atoms with Gasteiger partial charge in [0.25, 0.3) is 5.56 Å². The molecule has 2 aromatic rings. The van der Waals surface area contributed by atoms with Crippen molar-refractivity contribution in [3.63, 3.8) is 0 Å². The number of thiophene rings is 1. The first-order chi connectivity index (χ1) is 9.98. The Bertz CT molecular complexity index is 674. The van der Waals surface area contributed by atoms with E-state index in [4.69, 9.17) is 5.73 Å². The molecule has 1 aliphatic carbocycles. The van der Waals surface area contributed by atoms with Crippen molar-refractivity contribution in [2.75, 3.05) is 0 Å². The average molecular weight is 302 g/mol. The fraction of sp³-hybridized carbons (Fsp3) is 0.471. The lowest BCUT2D eigenvalue weighted by Crippen LogP contribution is -2.39. The third-order valence-corrected chi connectivity index (χ3v) is 5.17. The van der Waals surface area contributed by atoms with Gasteiger partial charge in [0.2, 0.25) is 0 Å². The normalized spacial score (nSPS) is 16.5. The molecule has 21 heavy (non-hydrogen) atoms. The lowest BCUT2D eigenvalue weighted by atomic mass is 9.96. The van der Waals surface area contributed by atoms with Gasteiger partial charge >= 0.3 is 0 Å². The summed E-state index contributed by atoms with van der Waals surface area (Å²) in [5, 5.41) is 2.06. The molecule has 0 spiro atoms. The minimum atomic E-state index is -0.606. The molecule has 0 unspecified atom stereocenters. The smallest absolute Gasteiger partial charge is 0.256 e. The Labute approximate surface area is 129 Å². The summed E-state index contributed by atoms with van der Waals surface area (Å²) in [5.41, 5.74) is 7.40. The van der Waals surface area contributed by atoms with Gasteiger partial charge in [-0.05, 0) is 50.3 Å². The molecule has 2 aromatic heterocycles. The van der Waals surface area contributed by atoms with E-state index in [1.54, 1.807) is 11.3 Å². The minimum absolute atomic E-state index is 0.0836. The van der Waals surface area contributed by atoms with Crippen LogP contribution in [0, 0.1) is 0 Å². The van der Waals surface area contributed by atoms with Crippen molar-refractivity contribution in [1.82, 2.24) is 4.57 Å². The highest BCUT2D eigenvalue weighted by Crippen LogP contribution is 2.34. The molecule has 0 radical (unpaired) electrons. The fourth-order valence-electron chi connectivity index (χ4n) is 3.19. The van der Waals surface area contributed by atoms with Crippen LogP contribution in [0.25, 0.3) is 10.6 Å². The van der Waals surface area contributed by atoms with Crippen LogP contribution >= 0.6 is 11.3 Å². The Morgan fingerprint density at radius 1 is 1.24 bits per heavy atom. The van der Waals surface area contributed by atoms with Crippen LogP contribution in [0.15, 0.2) is 34.4 Å². The molecular weight excluding hydrogens is 280 g/mol. The summed E-state index contributed by atoms with van der Waals surface area (Å²) < 4.78 is 2.00. The fourth-order valence-corrected chi connectivity index (χ4v) is 3.94. The molecule has 112 valence electrons. The van der Waals surface area contributed by atoms with Crippen molar-refractivity contribution in [1.29, 1.82) is 0 Å². The predicted molar refractivity (Wildman–Crippen MR) is 88.7 cm³/mol. The van der Waals surface area contributed by atoms with Crippen LogP contribution in [0.5, 0.6) is 0 Å². The van der Waals surface area contributed by atoms with E-state index in [0.717, 1.165) is 23.4 Å². The SMILES string of the molecule is CC(C)(N)c1ccc(-c2cccs2)n(C2CCCC2)c1=O. The molecule has 1 saturated carbocycles. The highest BCUT2D eigenvalue weighted by molar-refractivity contribution is 7.13. The Morgan fingerprint density at radius 2 is 1.95 bits per heavy atom. The topological polar surface area (TPSA) is 48.0 Å². The Hall–Kier alpha value is -1.39.